The first kappa shape index (κ1) is 21.9. The Morgan fingerprint density at radius 3 is 2.70 bits per heavy atom. The lowest BCUT2D eigenvalue weighted by molar-refractivity contribution is -0.119. The third-order valence-electron chi connectivity index (χ3n) is 6.53. The molecule has 0 radical (unpaired) electrons. The molecule has 2 aromatic rings. The van der Waals surface area contributed by atoms with Crippen molar-refractivity contribution in [3.63, 3.8) is 0 Å². The van der Waals surface area contributed by atoms with Crippen LogP contribution in [0.25, 0.3) is 0 Å². The van der Waals surface area contributed by atoms with Gasteiger partial charge in [-0.2, -0.15) is 0 Å². The molecule has 3 aliphatic heterocycles. The van der Waals surface area contributed by atoms with Crippen molar-refractivity contribution >= 4 is 40.5 Å². The number of benzene rings is 2. The minimum atomic E-state index is -0.0944. The van der Waals surface area contributed by atoms with E-state index in [0.717, 1.165) is 49.5 Å². The third kappa shape index (κ3) is 4.76. The normalized spacial score (nSPS) is 23.1. The van der Waals surface area contributed by atoms with Crippen LogP contribution in [0.2, 0.25) is 5.02 Å². The van der Waals surface area contributed by atoms with Gasteiger partial charge in [-0.05, 0) is 36.2 Å². The molecule has 8 heteroatoms. The number of halogens is 1. The largest absolute Gasteiger partial charge is 0.381 e. The molecule has 0 spiro atoms. The maximum absolute atomic E-state index is 12.4. The Kier molecular flexibility index (Phi) is 6.35. The molecule has 2 unspecified atom stereocenters. The second-order valence-corrected chi connectivity index (χ2v) is 9.03. The van der Waals surface area contributed by atoms with Crippen molar-refractivity contribution in [2.24, 2.45) is 5.92 Å². The van der Waals surface area contributed by atoms with Gasteiger partial charge < -0.3 is 20.3 Å². The Bertz CT molecular complexity index is 1080. The number of fused-ring (bicyclic) bond motifs is 1. The van der Waals surface area contributed by atoms with Gasteiger partial charge in [0.05, 0.1) is 29.3 Å². The van der Waals surface area contributed by atoms with E-state index in [0.29, 0.717) is 23.9 Å². The predicted molar refractivity (Wildman–Crippen MR) is 130 cm³/mol. The highest BCUT2D eigenvalue weighted by molar-refractivity contribution is 6.33. The first-order valence-corrected chi connectivity index (χ1v) is 11.7. The van der Waals surface area contributed by atoms with E-state index in [1.54, 1.807) is 6.08 Å². The minimum absolute atomic E-state index is 0.0189. The number of hydrogen-bond acceptors (Lipinski definition) is 5. The van der Waals surface area contributed by atoms with Gasteiger partial charge in [0.2, 0.25) is 11.8 Å². The lowest BCUT2D eigenvalue weighted by Gasteiger charge is -2.40. The van der Waals surface area contributed by atoms with Gasteiger partial charge in [0.1, 0.15) is 0 Å². The summed E-state index contributed by atoms with van der Waals surface area (Å²) in [6.07, 6.45) is 4.36. The highest BCUT2D eigenvalue weighted by atomic mass is 35.5. The van der Waals surface area contributed by atoms with Crippen LogP contribution in [0.15, 0.2) is 54.6 Å². The molecule has 0 saturated carbocycles. The maximum Gasteiger partial charge on any atom is 0.248 e. The van der Waals surface area contributed by atoms with E-state index in [-0.39, 0.29) is 23.8 Å². The Balaban J connectivity index is 1.24. The Morgan fingerprint density at radius 1 is 1.12 bits per heavy atom. The number of nitrogens with zero attached hydrogens (tertiary/aromatic N) is 2. The molecule has 0 aromatic heterocycles. The van der Waals surface area contributed by atoms with Crippen molar-refractivity contribution < 1.29 is 14.3 Å². The van der Waals surface area contributed by atoms with E-state index >= 15 is 0 Å². The molecule has 0 bridgehead atoms. The summed E-state index contributed by atoms with van der Waals surface area (Å²) in [6, 6.07) is 13.7. The van der Waals surface area contributed by atoms with E-state index in [4.69, 9.17) is 16.3 Å². The number of nitrogens with one attached hydrogen (secondary N) is 2. The van der Waals surface area contributed by atoms with Gasteiger partial charge in [-0.15, -0.1) is 0 Å². The molecule has 2 saturated heterocycles. The molecule has 2 amide bonds. The minimum Gasteiger partial charge on any atom is -0.381 e. The van der Waals surface area contributed by atoms with Gasteiger partial charge in [0, 0.05) is 50.2 Å². The van der Waals surface area contributed by atoms with E-state index < -0.39 is 0 Å². The van der Waals surface area contributed by atoms with E-state index in [9.17, 15) is 9.59 Å². The molecule has 3 aliphatic rings. The molecule has 0 aliphatic carbocycles. The molecule has 33 heavy (non-hydrogen) atoms. The molecule has 2 N–H and O–H groups in total. The van der Waals surface area contributed by atoms with Gasteiger partial charge in [0.15, 0.2) is 0 Å². The number of amides is 2. The fourth-order valence-corrected chi connectivity index (χ4v) is 5.01. The van der Waals surface area contributed by atoms with E-state index in [1.165, 1.54) is 0 Å². The van der Waals surface area contributed by atoms with Crippen molar-refractivity contribution in [1.82, 2.24) is 4.90 Å². The Labute approximate surface area is 198 Å². The molecule has 3 heterocycles. The monoisotopic (exact) mass is 466 g/mol. The average molecular weight is 467 g/mol. The average Bonchev–Trinajstić information content (AvgIpc) is 3.30. The lowest BCUT2D eigenvalue weighted by atomic mass is 10.0. The molecular formula is C25H27ClN4O3. The summed E-state index contributed by atoms with van der Waals surface area (Å²) >= 11 is 6.61. The fourth-order valence-electron chi connectivity index (χ4n) is 4.71. The van der Waals surface area contributed by atoms with E-state index in [2.05, 4.69) is 26.5 Å². The maximum atomic E-state index is 12.4. The van der Waals surface area contributed by atoms with Gasteiger partial charge >= 0.3 is 0 Å². The van der Waals surface area contributed by atoms with Crippen LogP contribution < -0.4 is 15.5 Å². The first-order chi connectivity index (χ1) is 16.1. The van der Waals surface area contributed by atoms with Gasteiger partial charge in [0.25, 0.3) is 0 Å². The second-order valence-electron chi connectivity index (χ2n) is 8.62. The van der Waals surface area contributed by atoms with Gasteiger partial charge in [-0.1, -0.05) is 35.9 Å². The van der Waals surface area contributed by atoms with E-state index in [1.807, 2.05) is 42.5 Å². The first-order valence-electron chi connectivity index (χ1n) is 11.3. The van der Waals surface area contributed by atoms with Crippen molar-refractivity contribution in [1.29, 1.82) is 0 Å². The zero-order valence-corrected chi connectivity index (χ0v) is 19.1. The summed E-state index contributed by atoms with van der Waals surface area (Å²) in [5.74, 6) is -0.206. The molecule has 2 aromatic carbocycles. The number of para-hydroxylation sites is 1. The van der Waals surface area contributed by atoms with Gasteiger partial charge in [-0.3, -0.25) is 14.5 Å². The number of piperazine rings is 1. The molecule has 2 atom stereocenters. The number of ether oxygens (including phenoxy) is 1. The molecule has 7 nitrogen and oxygen atoms in total. The summed E-state index contributed by atoms with van der Waals surface area (Å²) in [5.41, 5.74) is 3.65. The summed E-state index contributed by atoms with van der Waals surface area (Å²) < 4.78 is 5.30. The molecule has 2 fully saturated rings. The number of hydrogen-bond donors (Lipinski definition) is 2. The van der Waals surface area contributed by atoms with Crippen molar-refractivity contribution in [2.75, 3.05) is 54.9 Å². The number of carbonyl (C=O) groups excluding carboxylic acids is 2. The van der Waals surface area contributed by atoms with Crippen LogP contribution in [0.5, 0.6) is 0 Å². The summed E-state index contributed by atoms with van der Waals surface area (Å²) in [7, 11) is 0. The van der Waals surface area contributed by atoms with Crippen molar-refractivity contribution in [2.45, 2.75) is 12.5 Å². The highest BCUT2D eigenvalue weighted by Crippen LogP contribution is 2.34. The van der Waals surface area contributed by atoms with Crippen LogP contribution in [-0.4, -0.2) is 56.1 Å². The van der Waals surface area contributed by atoms with Crippen LogP contribution in [0.3, 0.4) is 0 Å². The number of anilines is 3. The highest BCUT2D eigenvalue weighted by Gasteiger charge is 2.28. The topological polar surface area (TPSA) is 73.9 Å². The second kappa shape index (κ2) is 9.55. The summed E-state index contributed by atoms with van der Waals surface area (Å²) in [6.45, 7) is 4.44. The Morgan fingerprint density at radius 2 is 1.94 bits per heavy atom. The van der Waals surface area contributed by atoms with Crippen LogP contribution in [0.1, 0.15) is 18.0 Å². The SMILES string of the molecule is O=C1C=CC(N2CCN(c3ccc(NC(=O)C4CCOC4)cc3Cl)CC2)c2ccccc2N1. The van der Waals surface area contributed by atoms with Crippen LogP contribution in [0.4, 0.5) is 17.1 Å². The zero-order valence-electron chi connectivity index (χ0n) is 18.3. The number of carbonyl (C=O) groups is 2. The number of rotatable bonds is 4. The predicted octanol–water partition coefficient (Wildman–Crippen LogP) is 3.69. The van der Waals surface area contributed by atoms with Crippen LogP contribution >= 0.6 is 11.6 Å². The molecular weight excluding hydrogens is 440 g/mol. The van der Waals surface area contributed by atoms with Crippen molar-refractivity contribution in [3.8, 4) is 0 Å². The van der Waals surface area contributed by atoms with Crippen LogP contribution in [0, 0.1) is 5.92 Å². The standard InChI is InChI=1S/C25H27ClN4O3/c26-20-15-18(27-25(32)17-9-14-33-16-17)5-6-23(20)30-12-10-29(11-13-30)22-7-8-24(31)28-21-4-2-1-3-19(21)22/h1-8,15,17,22H,9-14,16H2,(H,27,32)(H,28,31). The fraction of sp³-hybridized carbons (Fsp3) is 0.360. The summed E-state index contributed by atoms with van der Waals surface area (Å²) in [4.78, 5) is 29.1. The summed E-state index contributed by atoms with van der Waals surface area (Å²) in [5, 5.41) is 6.53. The molecule has 172 valence electrons. The zero-order chi connectivity index (χ0) is 22.8. The lowest BCUT2D eigenvalue weighted by Crippen LogP contribution is -2.47. The smallest absolute Gasteiger partial charge is 0.248 e. The quantitative estimate of drug-likeness (QED) is 0.719. The van der Waals surface area contributed by atoms with Crippen molar-refractivity contribution in [3.05, 3.63) is 65.2 Å². The van der Waals surface area contributed by atoms with Gasteiger partial charge in [-0.25, -0.2) is 0 Å². The Hall–Kier alpha value is -2.87. The van der Waals surface area contributed by atoms with Crippen LogP contribution in [-0.2, 0) is 14.3 Å². The molecule has 5 rings (SSSR count). The third-order valence-corrected chi connectivity index (χ3v) is 6.83.